The molecule has 1 aromatic carbocycles. The summed E-state index contributed by atoms with van der Waals surface area (Å²) in [6.45, 7) is 9.48. The summed E-state index contributed by atoms with van der Waals surface area (Å²) in [6, 6.07) is 6.33. The van der Waals surface area contributed by atoms with Gasteiger partial charge in [-0.15, -0.1) is 0 Å². The number of carboxylic acids is 1. The van der Waals surface area contributed by atoms with Gasteiger partial charge < -0.3 is 15.4 Å². The van der Waals surface area contributed by atoms with Gasteiger partial charge in [0.25, 0.3) is 0 Å². The molecule has 0 bridgehead atoms. The summed E-state index contributed by atoms with van der Waals surface area (Å²) >= 11 is 0. The first kappa shape index (κ1) is 25.5. The number of carbonyl (C=O) groups excluding carboxylic acids is 1. The van der Waals surface area contributed by atoms with Gasteiger partial charge in [0.15, 0.2) is 0 Å². The first-order valence-corrected chi connectivity index (χ1v) is 13.3. The SMILES string of the molecule is CC1=C[C@@H](CNC(=O)CC2(CC(=O)O)CCCC2)[C@H](C(C)C)C[C@H]1Cc1nc2ccc(C)cc2[nH]1. The second-order valence-electron chi connectivity index (χ2n) is 11.6. The van der Waals surface area contributed by atoms with E-state index in [1.54, 1.807) is 0 Å². The monoisotopic (exact) mass is 479 g/mol. The van der Waals surface area contributed by atoms with E-state index in [1.165, 1.54) is 11.1 Å². The highest BCUT2D eigenvalue weighted by Gasteiger charge is 2.38. The van der Waals surface area contributed by atoms with E-state index in [0.717, 1.165) is 55.4 Å². The van der Waals surface area contributed by atoms with Crippen LogP contribution in [0.3, 0.4) is 0 Å². The second-order valence-corrected chi connectivity index (χ2v) is 11.6. The largest absolute Gasteiger partial charge is 0.481 e. The molecule has 1 saturated carbocycles. The predicted octanol–water partition coefficient (Wildman–Crippen LogP) is 5.81. The summed E-state index contributed by atoms with van der Waals surface area (Å²) < 4.78 is 0. The zero-order valence-electron chi connectivity index (χ0n) is 21.7. The molecule has 0 aliphatic heterocycles. The second kappa shape index (κ2) is 10.5. The van der Waals surface area contributed by atoms with Crippen LogP contribution in [-0.2, 0) is 16.0 Å². The molecular weight excluding hydrogens is 438 g/mol. The molecule has 3 atom stereocenters. The standard InChI is InChI=1S/C29H41N3O3/c1-18(2)23-13-21(14-26-31-24-8-7-19(3)11-25(24)32-26)20(4)12-22(23)17-30-27(33)15-29(16-28(34)35)9-5-6-10-29/h7-8,11-12,18,21-23H,5-6,9-10,13-17H2,1-4H3,(H,30,33)(H,31,32)(H,34,35)/t21-,22-,23-/m0/s1. The molecule has 2 aliphatic carbocycles. The molecule has 2 aromatic rings. The van der Waals surface area contributed by atoms with Gasteiger partial charge in [0.05, 0.1) is 17.5 Å². The maximum atomic E-state index is 12.9. The molecule has 1 amide bonds. The molecule has 4 rings (SSSR count). The molecule has 0 unspecified atom stereocenters. The van der Waals surface area contributed by atoms with Crippen LogP contribution in [0.2, 0.25) is 0 Å². The lowest BCUT2D eigenvalue weighted by atomic mass is 9.69. The third kappa shape index (κ3) is 6.14. The lowest BCUT2D eigenvalue weighted by Gasteiger charge is -2.37. The Hall–Kier alpha value is -2.63. The third-order valence-electron chi connectivity index (χ3n) is 8.47. The minimum atomic E-state index is -0.795. The number of hydrogen-bond acceptors (Lipinski definition) is 3. The minimum Gasteiger partial charge on any atom is -0.481 e. The van der Waals surface area contributed by atoms with Crippen molar-refractivity contribution in [1.29, 1.82) is 0 Å². The number of carbonyl (C=O) groups is 2. The number of rotatable bonds is 9. The van der Waals surface area contributed by atoms with E-state index < -0.39 is 5.97 Å². The molecular formula is C29H41N3O3. The van der Waals surface area contributed by atoms with Gasteiger partial charge in [0.1, 0.15) is 5.82 Å². The topological polar surface area (TPSA) is 95.1 Å². The van der Waals surface area contributed by atoms with Crippen molar-refractivity contribution in [2.75, 3.05) is 6.54 Å². The number of benzene rings is 1. The molecule has 2 aliphatic rings. The number of aromatic nitrogens is 2. The Morgan fingerprint density at radius 2 is 1.94 bits per heavy atom. The highest BCUT2D eigenvalue weighted by Crippen LogP contribution is 2.44. The van der Waals surface area contributed by atoms with Gasteiger partial charge >= 0.3 is 5.97 Å². The number of nitrogens with zero attached hydrogens (tertiary/aromatic N) is 1. The summed E-state index contributed by atoms with van der Waals surface area (Å²) in [5.41, 5.74) is 4.36. The van der Waals surface area contributed by atoms with Crippen LogP contribution in [0, 0.1) is 36.0 Å². The molecule has 0 radical (unpaired) electrons. The van der Waals surface area contributed by atoms with Crippen molar-refractivity contribution in [3.05, 3.63) is 41.2 Å². The van der Waals surface area contributed by atoms with Gasteiger partial charge in [-0.25, -0.2) is 4.98 Å². The number of aryl methyl sites for hydroxylation is 1. The molecule has 1 heterocycles. The maximum Gasteiger partial charge on any atom is 0.303 e. The highest BCUT2D eigenvalue weighted by atomic mass is 16.4. The number of aromatic amines is 1. The number of carboxylic acid groups (broad SMARTS) is 1. The summed E-state index contributed by atoms with van der Waals surface area (Å²) in [7, 11) is 0. The van der Waals surface area contributed by atoms with E-state index in [1.807, 2.05) is 0 Å². The Balaban J connectivity index is 1.40. The van der Waals surface area contributed by atoms with Gasteiger partial charge in [0, 0.05) is 19.4 Å². The zero-order valence-corrected chi connectivity index (χ0v) is 21.7. The number of fused-ring (bicyclic) bond motifs is 1. The number of aliphatic carboxylic acids is 1. The number of amides is 1. The molecule has 3 N–H and O–H groups in total. The Labute approximate surface area is 209 Å². The van der Waals surface area contributed by atoms with Gasteiger partial charge in [-0.2, -0.15) is 0 Å². The van der Waals surface area contributed by atoms with Gasteiger partial charge in [-0.05, 0) is 79.9 Å². The summed E-state index contributed by atoms with van der Waals surface area (Å²) in [4.78, 5) is 32.6. The van der Waals surface area contributed by atoms with E-state index in [9.17, 15) is 14.7 Å². The van der Waals surface area contributed by atoms with Crippen LogP contribution in [0.15, 0.2) is 29.8 Å². The average molecular weight is 480 g/mol. The molecule has 0 saturated heterocycles. The summed E-state index contributed by atoms with van der Waals surface area (Å²) in [5.74, 6) is 1.97. The molecule has 35 heavy (non-hydrogen) atoms. The van der Waals surface area contributed by atoms with Crippen LogP contribution >= 0.6 is 0 Å². The van der Waals surface area contributed by atoms with Crippen molar-refractivity contribution in [2.24, 2.45) is 29.1 Å². The first-order chi connectivity index (χ1) is 16.6. The number of nitrogens with one attached hydrogen (secondary N) is 2. The first-order valence-electron chi connectivity index (χ1n) is 13.3. The summed E-state index contributed by atoms with van der Waals surface area (Å²) in [5, 5.41) is 12.5. The van der Waals surface area contributed by atoms with Gasteiger partial charge in [-0.1, -0.05) is 44.4 Å². The van der Waals surface area contributed by atoms with E-state index in [0.29, 0.717) is 36.6 Å². The lowest BCUT2D eigenvalue weighted by molar-refractivity contribution is -0.140. The average Bonchev–Trinajstić information content (AvgIpc) is 3.39. The number of H-pyrrole nitrogens is 1. The highest BCUT2D eigenvalue weighted by molar-refractivity contribution is 5.78. The minimum absolute atomic E-state index is 0.00130. The van der Waals surface area contributed by atoms with Gasteiger partial charge in [-0.3, -0.25) is 9.59 Å². The Bertz CT molecular complexity index is 1090. The van der Waals surface area contributed by atoms with Gasteiger partial charge in [0.2, 0.25) is 5.91 Å². The van der Waals surface area contributed by atoms with Crippen molar-refractivity contribution < 1.29 is 14.7 Å². The molecule has 0 spiro atoms. The Morgan fingerprint density at radius 1 is 1.20 bits per heavy atom. The quantitative estimate of drug-likeness (QED) is 0.396. The smallest absolute Gasteiger partial charge is 0.303 e. The molecule has 190 valence electrons. The number of hydrogen-bond donors (Lipinski definition) is 3. The number of imidazole rings is 1. The third-order valence-corrected chi connectivity index (χ3v) is 8.47. The van der Waals surface area contributed by atoms with E-state index in [4.69, 9.17) is 4.98 Å². The fraction of sp³-hybridized carbons (Fsp3) is 0.621. The van der Waals surface area contributed by atoms with Crippen LogP contribution in [0.5, 0.6) is 0 Å². The predicted molar refractivity (Wildman–Crippen MR) is 139 cm³/mol. The van der Waals surface area contributed by atoms with Crippen molar-refractivity contribution >= 4 is 22.9 Å². The van der Waals surface area contributed by atoms with Crippen molar-refractivity contribution in [3.8, 4) is 0 Å². The molecule has 6 nitrogen and oxygen atoms in total. The zero-order chi connectivity index (χ0) is 25.2. The van der Waals surface area contributed by atoms with E-state index >= 15 is 0 Å². The van der Waals surface area contributed by atoms with Crippen LogP contribution < -0.4 is 5.32 Å². The van der Waals surface area contributed by atoms with Crippen LogP contribution in [0.4, 0.5) is 0 Å². The lowest BCUT2D eigenvalue weighted by Crippen LogP contribution is -2.39. The molecule has 1 fully saturated rings. The normalized spacial score (nSPS) is 24.0. The Morgan fingerprint density at radius 3 is 2.63 bits per heavy atom. The van der Waals surface area contributed by atoms with E-state index in [-0.39, 0.29) is 17.7 Å². The van der Waals surface area contributed by atoms with Crippen LogP contribution in [-0.4, -0.2) is 33.5 Å². The summed E-state index contributed by atoms with van der Waals surface area (Å²) in [6.07, 6.45) is 8.50. The fourth-order valence-corrected chi connectivity index (χ4v) is 6.51. The Kier molecular flexibility index (Phi) is 7.67. The van der Waals surface area contributed by atoms with Crippen molar-refractivity contribution in [2.45, 2.75) is 79.1 Å². The number of allylic oxidation sites excluding steroid dienone is 1. The van der Waals surface area contributed by atoms with Crippen LogP contribution in [0.25, 0.3) is 11.0 Å². The van der Waals surface area contributed by atoms with Crippen LogP contribution in [0.1, 0.15) is 77.1 Å². The van der Waals surface area contributed by atoms with Crippen molar-refractivity contribution in [1.82, 2.24) is 15.3 Å². The molecule has 6 heteroatoms. The fourth-order valence-electron chi connectivity index (χ4n) is 6.51. The molecule has 1 aromatic heterocycles. The van der Waals surface area contributed by atoms with E-state index in [2.05, 4.69) is 62.3 Å². The maximum absolute atomic E-state index is 12.9. The van der Waals surface area contributed by atoms with Crippen molar-refractivity contribution in [3.63, 3.8) is 0 Å².